The smallest absolute Gasteiger partial charge is 0.303 e. The standard InChI is InChI=1S/C43H65NO8/c1-3-4-6-14-37(47)22-20-33-18-16-31-11-9-10-12-32(31)17-19-34(13-7-5-8-15-41(50)51)42(40(33)27-39(49)29-46)44-30-43(2,52)28-36-21-23-38(48)26-35(36)24-25-45/h9-12,20-23,26,34,37,39,42,44-49,52H,3-8,13-19,24-25,27-30H2,1-2H3,(H,50,51). The van der Waals surface area contributed by atoms with Gasteiger partial charge in [-0.25, -0.2) is 0 Å². The average molecular weight is 724 g/mol. The highest BCUT2D eigenvalue weighted by Crippen LogP contribution is 2.34. The highest BCUT2D eigenvalue weighted by Gasteiger charge is 2.32. The Morgan fingerprint density at radius 2 is 1.73 bits per heavy atom. The first-order valence-corrected chi connectivity index (χ1v) is 19.5. The lowest BCUT2D eigenvalue weighted by atomic mass is 9.77. The molecule has 52 heavy (non-hydrogen) atoms. The van der Waals surface area contributed by atoms with Crippen molar-refractivity contribution < 1.29 is 40.5 Å². The van der Waals surface area contributed by atoms with Crippen LogP contribution >= 0.6 is 0 Å². The fourth-order valence-corrected chi connectivity index (χ4v) is 7.56. The minimum Gasteiger partial charge on any atom is -0.508 e. The van der Waals surface area contributed by atoms with Gasteiger partial charge in [0.1, 0.15) is 5.75 Å². The van der Waals surface area contributed by atoms with Crippen molar-refractivity contribution >= 4 is 5.97 Å². The Balaban J connectivity index is 2.08. The van der Waals surface area contributed by atoms with Gasteiger partial charge < -0.3 is 41.1 Å². The number of carboxylic acids is 1. The third kappa shape index (κ3) is 15.1. The number of aryl methyl sites for hydroxylation is 2. The molecule has 0 fully saturated rings. The molecule has 8 N–H and O–H groups in total. The molecule has 1 aliphatic carbocycles. The first-order valence-electron chi connectivity index (χ1n) is 19.5. The zero-order valence-electron chi connectivity index (χ0n) is 31.5. The number of phenolic OH excluding ortho intramolecular Hbond substituents is 1. The number of benzene rings is 2. The zero-order chi connectivity index (χ0) is 37.9. The van der Waals surface area contributed by atoms with E-state index < -0.39 is 30.4 Å². The van der Waals surface area contributed by atoms with Crippen LogP contribution in [0, 0.1) is 5.92 Å². The van der Waals surface area contributed by atoms with Gasteiger partial charge in [-0.3, -0.25) is 4.79 Å². The van der Waals surface area contributed by atoms with Gasteiger partial charge in [0.25, 0.3) is 0 Å². The van der Waals surface area contributed by atoms with Crippen LogP contribution in [0.5, 0.6) is 5.75 Å². The highest BCUT2D eigenvalue weighted by molar-refractivity contribution is 5.66. The summed E-state index contributed by atoms with van der Waals surface area (Å²) in [5.41, 5.74) is 4.89. The second kappa shape index (κ2) is 22.9. The number of phenols is 1. The number of fused-ring (bicyclic) bond motifs is 1. The summed E-state index contributed by atoms with van der Waals surface area (Å²) in [5, 5.41) is 76.6. The summed E-state index contributed by atoms with van der Waals surface area (Å²) in [6, 6.07) is 13.2. The maximum absolute atomic E-state index is 11.9. The van der Waals surface area contributed by atoms with E-state index in [0.717, 1.165) is 80.1 Å². The van der Waals surface area contributed by atoms with Gasteiger partial charge in [-0.15, -0.1) is 0 Å². The van der Waals surface area contributed by atoms with E-state index in [9.17, 15) is 40.5 Å². The molecule has 5 unspecified atom stereocenters. The van der Waals surface area contributed by atoms with Crippen molar-refractivity contribution in [3.8, 4) is 5.75 Å². The second-order valence-electron chi connectivity index (χ2n) is 15.0. The van der Waals surface area contributed by atoms with Crippen molar-refractivity contribution in [1.29, 1.82) is 0 Å². The summed E-state index contributed by atoms with van der Waals surface area (Å²) in [7, 11) is 0. The van der Waals surface area contributed by atoms with Crippen LogP contribution in [0.1, 0.15) is 113 Å². The van der Waals surface area contributed by atoms with E-state index in [-0.39, 0.29) is 50.1 Å². The number of aliphatic hydroxyl groups excluding tert-OH is 4. The quantitative estimate of drug-likeness (QED) is 0.0685. The van der Waals surface area contributed by atoms with Gasteiger partial charge in [0, 0.05) is 32.0 Å². The van der Waals surface area contributed by atoms with Gasteiger partial charge in [-0.05, 0) is 116 Å². The normalized spacial score (nSPS) is 19.3. The van der Waals surface area contributed by atoms with Crippen LogP contribution in [-0.4, -0.2) is 85.3 Å². The van der Waals surface area contributed by atoms with Crippen molar-refractivity contribution in [1.82, 2.24) is 5.32 Å². The third-order valence-electron chi connectivity index (χ3n) is 10.4. The summed E-state index contributed by atoms with van der Waals surface area (Å²) in [6.45, 7) is 3.63. The second-order valence-corrected chi connectivity index (χ2v) is 15.0. The van der Waals surface area contributed by atoms with Crippen molar-refractivity contribution in [2.75, 3.05) is 19.8 Å². The van der Waals surface area contributed by atoms with Crippen LogP contribution in [0.4, 0.5) is 0 Å². The van der Waals surface area contributed by atoms with Crippen LogP contribution in [0.2, 0.25) is 0 Å². The number of rotatable bonds is 22. The lowest BCUT2D eigenvalue weighted by Gasteiger charge is -2.36. The summed E-state index contributed by atoms with van der Waals surface area (Å²) >= 11 is 0. The lowest BCUT2D eigenvalue weighted by Crippen LogP contribution is -2.48. The Morgan fingerprint density at radius 1 is 0.981 bits per heavy atom. The monoisotopic (exact) mass is 723 g/mol. The summed E-state index contributed by atoms with van der Waals surface area (Å²) < 4.78 is 0. The number of aliphatic carboxylic acids is 1. The van der Waals surface area contributed by atoms with E-state index in [4.69, 9.17) is 0 Å². The van der Waals surface area contributed by atoms with Crippen molar-refractivity contribution in [2.45, 2.75) is 140 Å². The molecule has 0 heterocycles. The molecule has 0 saturated carbocycles. The van der Waals surface area contributed by atoms with Crippen molar-refractivity contribution in [2.24, 2.45) is 5.92 Å². The molecular weight excluding hydrogens is 658 g/mol. The van der Waals surface area contributed by atoms with Gasteiger partial charge in [0.15, 0.2) is 0 Å². The molecule has 0 amide bonds. The molecule has 1 aliphatic rings. The van der Waals surface area contributed by atoms with E-state index in [1.807, 2.05) is 12.2 Å². The predicted molar refractivity (Wildman–Crippen MR) is 206 cm³/mol. The van der Waals surface area contributed by atoms with Crippen LogP contribution in [0.3, 0.4) is 0 Å². The van der Waals surface area contributed by atoms with Crippen LogP contribution < -0.4 is 5.32 Å². The van der Waals surface area contributed by atoms with Gasteiger partial charge in [0.05, 0.1) is 24.4 Å². The first-order chi connectivity index (χ1) is 25.0. The van der Waals surface area contributed by atoms with Crippen LogP contribution in [0.15, 0.2) is 65.8 Å². The molecular formula is C43H65NO8. The maximum atomic E-state index is 11.9. The number of hydrogen-bond donors (Lipinski definition) is 8. The molecule has 3 rings (SSSR count). The van der Waals surface area contributed by atoms with E-state index in [0.29, 0.717) is 25.7 Å². The molecule has 290 valence electrons. The Labute approximate surface area is 311 Å². The number of aliphatic hydroxyl groups is 5. The topological polar surface area (TPSA) is 171 Å². The zero-order valence-corrected chi connectivity index (χ0v) is 31.5. The Bertz CT molecular complexity index is 1420. The molecule has 0 aliphatic heterocycles. The largest absolute Gasteiger partial charge is 0.508 e. The predicted octanol–water partition coefficient (Wildman–Crippen LogP) is 5.95. The molecule has 2 aromatic rings. The summed E-state index contributed by atoms with van der Waals surface area (Å²) in [5.74, 6) is -0.638. The lowest BCUT2D eigenvalue weighted by molar-refractivity contribution is -0.137. The van der Waals surface area contributed by atoms with Crippen molar-refractivity contribution in [3.63, 3.8) is 0 Å². The fraction of sp³-hybridized carbons (Fsp3) is 0.605. The van der Waals surface area contributed by atoms with E-state index in [1.54, 1.807) is 25.1 Å². The third-order valence-corrected chi connectivity index (χ3v) is 10.4. The highest BCUT2D eigenvalue weighted by atomic mass is 16.4. The number of nitrogens with one attached hydrogen (secondary N) is 1. The molecule has 0 saturated heterocycles. The number of allylic oxidation sites excluding steroid dienone is 2. The number of carbonyl (C=O) groups is 1. The Morgan fingerprint density at radius 3 is 2.42 bits per heavy atom. The average Bonchev–Trinajstić information content (AvgIpc) is 3.11. The van der Waals surface area contributed by atoms with Gasteiger partial charge >= 0.3 is 5.97 Å². The van der Waals surface area contributed by atoms with Crippen molar-refractivity contribution in [3.05, 3.63) is 88.0 Å². The minimum atomic E-state index is -1.22. The van der Waals surface area contributed by atoms with Crippen LogP contribution in [-0.2, 0) is 30.5 Å². The SMILES string of the molecule is CCCCCC(O)C=CC1=C(CC(O)CO)C(NCC(C)(O)Cc2ccc(O)cc2CCO)C(CCCCCC(=O)O)CCc2ccccc2CC1. The number of carboxylic acid groups (broad SMARTS) is 1. The molecule has 0 aromatic heterocycles. The number of aromatic hydroxyl groups is 1. The molecule has 9 heteroatoms. The fourth-order valence-electron chi connectivity index (χ4n) is 7.56. The maximum Gasteiger partial charge on any atom is 0.303 e. The van der Waals surface area contributed by atoms with E-state index in [1.165, 1.54) is 11.1 Å². The van der Waals surface area contributed by atoms with Gasteiger partial charge in [0.2, 0.25) is 0 Å². The first kappa shape index (κ1) is 43.4. The van der Waals surface area contributed by atoms with E-state index >= 15 is 0 Å². The number of unbranched alkanes of at least 4 members (excludes halogenated alkanes) is 4. The Kier molecular flexibility index (Phi) is 19.1. The molecule has 0 spiro atoms. The minimum absolute atomic E-state index is 0.0594. The molecule has 0 bridgehead atoms. The number of hydrogen-bond acceptors (Lipinski definition) is 8. The van der Waals surface area contributed by atoms with E-state index in [2.05, 4.69) is 36.5 Å². The van der Waals surface area contributed by atoms with Gasteiger partial charge in [-0.1, -0.05) is 81.5 Å². The molecule has 9 nitrogen and oxygen atoms in total. The summed E-state index contributed by atoms with van der Waals surface area (Å²) in [6.07, 6.45) is 13.0. The van der Waals surface area contributed by atoms with Crippen LogP contribution in [0.25, 0.3) is 0 Å². The molecule has 0 radical (unpaired) electrons. The molecule has 5 atom stereocenters. The summed E-state index contributed by atoms with van der Waals surface area (Å²) in [4.78, 5) is 11.2. The van der Waals surface area contributed by atoms with Gasteiger partial charge in [-0.2, -0.15) is 0 Å². The molecule has 2 aromatic carbocycles. The Hall–Kier alpha value is -3.05.